The van der Waals surface area contributed by atoms with Crippen LogP contribution in [0, 0.1) is 0 Å². The van der Waals surface area contributed by atoms with Crippen LogP contribution < -0.4 is 20.1 Å². The van der Waals surface area contributed by atoms with Crippen molar-refractivity contribution in [3.8, 4) is 11.5 Å². The highest BCUT2D eigenvalue weighted by atomic mass is 16.6. The van der Waals surface area contributed by atoms with Gasteiger partial charge < -0.3 is 39.6 Å². The number of ketones is 1. The van der Waals surface area contributed by atoms with Gasteiger partial charge in [0.2, 0.25) is 11.7 Å². The van der Waals surface area contributed by atoms with E-state index < -0.39 is 59.4 Å². The normalized spacial score (nSPS) is 15.1. The van der Waals surface area contributed by atoms with E-state index in [1.165, 1.54) is 24.3 Å². The molecular weight excluding hydrogens is 650 g/mol. The number of carbonyl (C=O) groups is 6. The van der Waals surface area contributed by atoms with E-state index in [1.54, 1.807) is 82.5 Å². The van der Waals surface area contributed by atoms with Gasteiger partial charge in [-0.15, -0.1) is 0 Å². The zero-order valence-electron chi connectivity index (χ0n) is 28.0. The fourth-order valence-electron chi connectivity index (χ4n) is 4.91. The number of likely N-dealkylation sites (tertiary alicyclic amines) is 1. The second kappa shape index (κ2) is 16.5. The summed E-state index contributed by atoms with van der Waals surface area (Å²) in [5.74, 6) is -3.49. The standard InChI is InChI=1S/C36H39N3O11/c1-36(2,3)50-35(46)38-27(34(45)49-21-22-10-14-25(47-4)15-11-22)18-19-48-26-16-12-24(13-17-26)30(40)31(41)37-28-20-39(32(28)42)29(33(43)44)23-8-6-5-7-9-23/h5-17,27-29H,18-21H2,1-4H3,(H,37,41)(H,38,46)(H,43,44). The third-order valence-electron chi connectivity index (χ3n) is 7.44. The lowest BCUT2D eigenvalue weighted by Gasteiger charge is -2.42. The van der Waals surface area contributed by atoms with Gasteiger partial charge in [-0.1, -0.05) is 42.5 Å². The van der Waals surface area contributed by atoms with Crippen LogP contribution in [0.2, 0.25) is 0 Å². The van der Waals surface area contributed by atoms with Crippen molar-refractivity contribution >= 4 is 35.6 Å². The summed E-state index contributed by atoms with van der Waals surface area (Å²) in [5, 5.41) is 14.6. The Morgan fingerprint density at radius 1 is 0.920 bits per heavy atom. The Labute approximate surface area is 288 Å². The van der Waals surface area contributed by atoms with E-state index in [0.717, 1.165) is 4.90 Å². The number of amides is 3. The molecule has 264 valence electrons. The fourth-order valence-corrected chi connectivity index (χ4v) is 4.91. The number of hydrogen-bond donors (Lipinski definition) is 3. The van der Waals surface area contributed by atoms with Crippen molar-refractivity contribution in [3.05, 3.63) is 95.6 Å². The highest BCUT2D eigenvalue weighted by Crippen LogP contribution is 2.27. The van der Waals surface area contributed by atoms with Crippen molar-refractivity contribution in [1.82, 2.24) is 15.5 Å². The third kappa shape index (κ3) is 10.0. The van der Waals surface area contributed by atoms with Crippen LogP contribution >= 0.6 is 0 Å². The Morgan fingerprint density at radius 2 is 1.56 bits per heavy atom. The molecule has 3 atom stereocenters. The number of ether oxygens (including phenoxy) is 4. The number of carbonyl (C=O) groups excluding carboxylic acids is 5. The molecule has 3 N–H and O–H groups in total. The minimum absolute atomic E-state index is 0.0171. The highest BCUT2D eigenvalue weighted by Gasteiger charge is 2.45. The second-order valence-corrected chi connectivity index (χ2v) is 12.3. The summed E-state index contributed by atoms with van der Waals surface area (Å²) in [6.45, 7) is 4.92. The molecule has 14 nitrogen and oxygen atoms in total. The number of rotatable bonds is 15. The lowest BCUT2D eigenvalue weighted by Crippen LogP contribution is -2.66. The molecule has 0 aliphatic carbocycles. The summed E-state index contributed by atoms with van der Waals surface area (Å²) in [7, 11) is 1.54. The van der Waals surface area contributed by atoms with Crippen molar-refractivity contribution in [1.29, 1.82) is 0 Å². The van der Waals surface area contributed by atoms with E-state index in [0.29, 0.717) is 22.6 Å². The molecule has 3 unspecified atom stereocenters. The van der Waals surface area contributed by atoms with Gasteiger partial charge in [-0.2, -0.15) is 0 Å². The Morgan fingerprint density at radius 3 is 2.14 bits per heavy atom. The van der Waals surface area contributed by atoms with Crippen molar-refractivity contribution < 1.29 is 52.8 Å². The Bertz CT molecular complexity index is 1690. The molecule has 1 fully saturated rings. The van der Waals surface area contributed by atoms with Gasteiger partial charge in [-0.05, 0) is 68.3 Å². The van der Waals surface area contributed by atoms with Crippen LogP contribution in [-0.2, 0) is 35.3 Å². The van der Waals surface area contributed by atoms with Gasteiger partial charge >= 0.3 is 18.0 Å². The second-order valence-electron chi connectivity index (χ2n) is 12.3. The molecule has 1 aliphatic rings. The van der Waals surface area contributed by atoms with Crippen molar-refractivity contribution in [3.63, 3.8) is 0 Å². The molecule has 0 saturated carbocycles. The molecule has 1 saturated heterocycles. The zero-order chi connectivity index (χ0) is 36.4. The quantitative estimate of drug-likeness (QED) is 0.0919. The highest BCUT2D eigenvalue weighted by molar-refractivity contribution is 6.43. The average molecular weight is 690 g/mol. The number of carboxylic acids is 1. The molecule has 0 spiro atoms. The molecule has 3 aromatic rings. The van der Waals surface area contributed by atoms with Gasteiger partial charge in [0.25, 0.3) is 5.91 Å². The van der Waals surface area contributed by atoms with Gasteiger partial charge in [-0.3, -0.25) is 14.4 Å². The summed E-state index contributed by atoms with van der Waals surface area (Å²) in [6, 6.07) is 17.4. The molecule has 3 aromatic carbocycles. The Kier molecular flexibility index (Phi) is 12.1. The van der Waals surface area contributed by atoms with E-state index >= 15 is 0 Å². The van der Waals surface area contributed by atoms with Gasteiger partial charge in [0.05, 0.1) is 20.3 Å². The van der Waals surface area contributed by atoms with Crippen LogP contribution in [0.1, 0.15) is 54.7 Å². The molecule has 0 radical (unpaired) electrons. The van der Waals surface area contributed by atoms with Crippen molar-refractivity contribution in [2.45, 2.75) is 57.5 Å². The molecule has 14 heteroatoms. The van der Waals surface area contributed by atoms with Crippen LogP contribution in [-0.4, -0.2) is 83.6 Å². The SMILES string of the molecule is COc1ccc(COC(=O)C(CCOc2ccc(C(=O)C(=O)NC3CN(C(C(=O)O)c4ccccc4)C3=O)cc2)NC(=O)OC(C)(C)C)cc1. The molecule has 3 amide bonds. The van der Waals surface area contributed by atoms with Crippen LogP contribution in [0.25, 0.3) is 0 Å². The third-order valence-corrected chi connectivity index (χ3v) is 7.44. The van der Waals surface area contributed by atoms with E-state index in [2.05, 4.69) is 10.6 Å². The van der Waals surface area contributed by atoms with Gasteiger partial charge in [0.1, 0.15) is 35.8 Å². The number of methoxy groups -OCH3 is 1. The monoisotopic (exact) mass is 689 g/mol. The summed E-state index contributed by atoms with van der Waals surface area (Å²) in [5.41, 5.74) is 0.355. The topological polar surface area (TPSA) is 187 Å². The number of Topliss-reactive ketones (excluding diaryl/α,β-unsaturated/α-hetero) is 1. The molecule has 1 heterocycles. The van der Waals surface area contributed by atoms with E-state index in [1.807, 2.05) is 0 Å². The maximum absolute atomic E-state index is 12.9. The van der Waals surface area contributed by atoms with Crippen LogP contribution in [0.15, 0.2) is 78.9 Å². The number of β-lactam (4-membered cyclic amide) rings is 1. The van der Waals surface area contributed by atoms with Crippen LogP contribution in [0.5, 0.6) is 11.5 Å². The van der Waals surface area contributed by atoms with E-state index in [4.69, 9.17) is 18.9 Å². The van der Waals surface area contributed by atoms with Crippen LogP contribution in [0.4, 0.5) is 4.79 Å². The maximum atomic E-state index is 12.9. The largest absolute Gasteiger partial charge is 0.497 e. The Balaban J connectivity index is 1.29. The first kappa shape index (κ1) is 36.9. The number of carboxylic acid groups (broad SMARTS) is 1. The summed E-state index contributed by atoms with van der Waals surface area (Å²) < 4.78 is 21.6. The number of benzene rings is 3. The lowest BCUT2D eigenvalue weighted by molar-refractivity contribution is -0.160. The van der Waals surface area contributed by atoms with Crippen LogP contribution in [0.3, 0.4) is 0 Å². The number of aliphatic carboxylic acids is 1. The minimum Gasteiger partial charge on any atom is -0.497 e. The molecule has 0 bridgehead atoms. The first-order chi connectivity index (χ1) is 23.8. The number of nitrogens with zero attached hydrogens (tertiary/aromatic N) is 1. The summed E-state index contributed by atoms with van der Waals surface area (Å²) >= 11 is 0. The predicted octanol–water partition coefficient (Wildman–Crippen LogP) is 3.44. The molecule has 50 heavy (non-hydrogen) atoms. The van der Waals surface area contributed by atoms with Crippen molar-refractivity contribution in [2.75, 3.05) is 20.3 Å². The minimum atomic E-state index is -1.22. The average Bonchev–Trinajstić information content (AvgIpc) is 3.09. The van der Waals surface area contributed by atoms with E-state index in [9.17, 15) is 33.9 Å². The fraction of sp³-hybridized carbons (Fsp3) is 0.333. The number of alkyl carbamates (subject to hydrolysis) is 1. The summed E-state index contributed by atoms with van der Waals surface area (Å²) in [4.78, 5) is 76.5. The number of esters is 1. The zero-order valence-corrected chi connectivity index (χ0v) is 28.0. The van der Waals surface area contributed by atoms with Gasteiger partial charge in [-0.25, -0.2) is 14.4 Å². The molecule has 1 aliphatic heterocycles. The van der Waals surface area contributed by atoms with Gasteiger partial charge in [0.15, 0.2) is 6.04 Å². The smallest absolute Gasteiger partial charge is 0.408 e. The number of nitrogens with one attached hydrogen (secondary N) is 2. The first-order valence-electron chi connectivity index (χ1n) is 15.7. The molecular formula is C36H39N3O11. The first-order valence-corrected chi connectivity index (χ1v) is 15.7. The Hall–Kier alpha value is -5.92. The van der Waals surface area contributed by atoms with Gasteiger partial charge in [0, 0.05) is 12.0 Å². The summed E-state index contributed by atoms with van der Waals surface area (Å²) in [6.07, 6.45) is -0.789. The van der Waals surface area contributed by atoms with Crippen molar-refractivity contribution in [2.24, 2.45) is 0 Å². The molecule has 0 aromatic heterocycles. The lowest BCUT2D eigenvalue weighted by atomic mass is 9.98. The predicted molar refractivity (Wildman–Crippen MR) is 177 cm³/mol. The molecule has 4 rings (SSSR count). The van der Waals surface area contributed by atoms with E-state index in [-0.39, 0.29) is 31.7 Å². The maximum Gasteiger partial charge on any atom is 0.408 e. The number of hydrogen-bond acceptors (Lipinski definition) is 10.